The summed E-state index contributed by atoms with van der Waals surface area (Å²) in [5, 5.41) is 23.4. The molecule has 1 unspecified atom stereocenters. The summed E-state index contributed by atoms with van der Waals surface area (Å²) in [5.41, 5.74) is 0. The molecule has 0 amide bonds. The van der Waals surface area contributed by atoms with Crippen LogP contribution in [0.5, 0.6) is 0 Å². The lowest BCUT2D eigenvalue weighted by Gasteiger charge is -2.09. The van der Waals surface area contributed by atoms with Crippen molar-refractivity contribution in [1.29, 1.82) is 0 Å². The Kier molecular flexibility index (Phi) is 5.55. The zero-order valence-electron chi connectivity index (χ0n) is 10.3. The van der Waals surface area contributed by atoms with Crippen molar-refractivity contribution in [3.05, 3.63) is 5.82 Å². The van der Waals surface area contributed by atoms with Crippen molar-refractivity contribution in [2.24, 2.45) is 13.0 Å². The van der Waals surface area contributed by atoms with Crippen LogP contribution >= 0.6 is 0 Å². The summed E-state index contributed by atoms with van der Waals surface area (Å²) in [4.78, 5) is 11.8. The summed E-state index contributed by atoms with van der Waals surface area (Å²) in [6.45, 7) is 3.49. The van der Waals surface area contributed by atoms with Crippen molar-refractivity contribution in [3.8, 4) is 0 Å². The number of carboxylic acids is 1. The minimum atomic E-state index is -0.728. The van der Waals surface area contributed by atoms with Crippen LogP contribution < -0.4 is 5.32 Å². The molecule has 0 bridgehead atoms. The Morgan fingerprint density at radius 1 is 1.53 bits per heavy atom. The van der Waals surface area contributed by atoms with E-state index in [1.807, 2.05) is 0 Å². The number of nitrogens with zero attached hydrogens (tertiary/aromatic N) is 4. The van der Waals surface area contributed by atoms with Crippen LogP contribution in [0.15, 0.2) is 0 Å². The lowest BCUT2D eigenvalue weighted by atomic mass is 10.0. The van der Waals surface area contributed by atoms with Crippen molar-refractivity contribution in [2.45, 2.75) is 32.7 Å². The monoisotopic (exact) mass is 241 g/mol. The van der Waals surface area contributed by atoms with Gasteiger partial charge in [0.2, 0.25) is 0 Å². The molecule has 2 N–H and O–H groups in total. The molecule has 0 aliphatic rings. The Labute approximate surface area is 100 Å². The van der Waals surface area contributed by atoms with Gasteiger partial charge in [-0.25, -0.2) is 0 Å². The lowest BCUT2D eigenvalue weighted by molar-refractivity contribution is -0.137. The van der Waals surface area contributed by atoms with E-state index in [2.05, 4.69) is 27.7 Å². The van der Waals surface area contributed by atoms with Crippen molar-refractivity contribution in [1.82, 2.24) is 25.5 Å². The minimum Gasteiger partial charge on any atom is -0.481 e. The quantitative estimate of drug-likeness (QED) is 0.631. The fourth-order valence-electron chi connectivity index (χ4n) is 1.46. The highest BCUT2D eigenvalue weighted by atomic mass is 16.4. The fraction of sp³-hybridized carbons (Fsp3) is 0.800. The summed E-state index contributed by atoms with van der Waals surface area (Å²) in [7, 11) is 1.73. The van der Waals surface area contributed by atoms with Gasteiger partial charge in [0, 0.05) is 6.42 Å². The minimum absolute atomic E-state index is 0.243. The van der Waals surface area contributed by atoms with E-state index in [-0.39, 0.29) is 6.42 Å². The second-order valence-electron chi connectivity index (χ2n) is 4.20. The summed E-state index contributed by atoms with van der Waals surface area (Å²) in [6, 6.07) is 0. The molecule has 1 aromatic heterocycles. The van der Waals surface area contributed by atoms with Gasteiger partial charge in [0.25, 0.3) is 0 Å². The third kappa shape index (κ3) is 5.96. The van der Waals surface area contributed by atoms with E-state index in [9.17, 15) is 4.79 Å². The van der Waals surface area contributed by atoms with Crippen LogP contribution in [0.25, 0.3) is 0 Å². The number of aromatic nitrogens is 4. The number of carbonyl (C=O) groups is 1. The maximum absolute atomic E-state index is 10.4. The topological polar surface area (TPSA) is 92.9 Å². The number of hydrogen-bond acceptors (Lipinski definition) is 5. The Morgan fingerprint density at radius 2 is 2.29 bits per heavy atom. The van der Waals surface area contributed by atoms with Gasteiger partial charge in [-0.2, -0.15) is 4.80 Å². The number of carboxylic acid groups (broad SMARTS) is 1. The molecule has 0 fully saturated rings. The van der Waals surface area contributed by atoms with E-state index in [1.54, 1.807) is 7.05 Å². The van der Waals surface area contributed by atoms with E-state index in [1.165, 1.54) is 4.80 Å². The Balaban J connectivity index is 2.05. The second kappa shape index (κ2) is 6.95. The van der Waals surface area contributed by atoms with E-state index >= 15 is 0 Å². The zero-order valence-corrected chi connectivity index (χ0v) is 10.3. The molecule has 0 saturated carbocycles. The maximum atomic E-state index is 10.4. The van der Waals surface area contributed by atoms with Crippen LogP contribution in [0.1, 0.15) is 32.0 Å². The molecule has 1 heterocycles. The molecule has 1 rings (SSSR count). The van der Waals surface area contributed by atoms with Gasteiger partial charge in [-0.15, -0.1) is 10.2 Å². The van der Waals surface area contributed by atoms with E-state index in [4.69, 9.17) is 5.11 Å². The van der Waals surface area contributed by atoms with Gasteiger partial charge in [-0.05, 0) is 30.5 Å². The predicted molar refractivity (Wildman–Crippen MR) is 61.2 cm³/mol. The van der Waals surface area contributed by atoms with Crippen LogP contribution in [-0.2, 0) is 18.4 Å². The Hall–Kier alpha value is -1.50. The molecule has 0 aliphatic heterocycles. The molecule has 0 aromatic carbocycles. The van der Waals surface area contributed by atoms with Crippen molar-refractivity contribution in [2.75, 3.05) is 6.54 Å². The summed E-state index contributed by atoms with van der Waals surface area (Å²) in [5.74, 6) is 0.354. The average molecular weight is 241 g/mol. The number of tetrazole rings is 1. The van der Waals surface area contributed by atoms with Crippen molar-refractivity contribution < 1.29 is 9.90 Å². The van der Waals surface area contributed by atoms with Crippen LogP contribution in [0.2, 0.25) is 0 Å². The van der Waals surface area contributed by atoms with Gasteiger partial charge >= 0.3 is 5.97 Å². The standard InChI is InChI=1S/C10H19N5O2/c1-8(3-4-10(16)17)5-6-11-7-9-12-14-15(2)13-9/h8,11H,3-7H2,1-2H3,(H,16,17). The molecule has 7 heteroatoms. The predicted octanol–water partition coefficient (Wildman–Crippen LogP) is 0.191. The first kappa shape index (κ1) is 13.6. The van der Waals surface area contributed by atoms with Gasteiger partial charge in [0.15, 0.2) is 5.82 Å². The summed E-state index contributed by atoms with van der Waals surface area (Å²) >= 11 is 0. The zero-order chi connectivity index (χ0) is 12.7. The molecule has 0 radical (unpaired) electrons. The van der Waals surface area contributed by atoms with E-state index in [0.717, 1.165) is 19.4 Å². The normalized spacial score (nSPS) is 12.6. The van der Waals surface area contributed by atoms with Gasteiger partial charge in [-0.1, -0.05) is 6.92 Å². The summed E-state index contributed by atoms with van der Waals surface area (Å²) < 4.78 is 0. The maximum Gasteiger partial charge on any atom is 0.303 e. The molecular weight excluding hydrogens is 222 g/mol. The first-order valence-corrected chi connectivity index (χ1v) is 5.73. The number of hydrogen-bond donors (Lipinski definition) is 2. The number of nitrogens with one attached hydrogen (secondary N) is 1. The van der Waals surface area contributed by atoms with Gasteiger partial charge in [0.1, 0.15) is 0 Å². The summed E-state index contributed by atoms with van der Waals surface area (Å²) in [6.07, 6.45) is 1.92. The third-order valence-electron chi connectivity index (χ3n) is 2.50. The second-order valence-corrected chi connectivity index (χ2v) is 4.20. The number of rotatable bonds is 8. The third-order valence-corrected chi connectivity index (χ3v) is 2.50. The molecule has 0 saturated heterocycles. The molecule has 7 nitrogen and oxygen atoms in total. The highest BCUT2D eigenvalue weighted by Crippen LogP contribution is 2.09. The molecular formula is C10H19N5O2. The van der Waals surface area contributed by atoms with E-state index < -0.39 is 5.97 Å². The lowest BCUT2D eigenvalue weighted by Crippen LogP contribution is -2.18. The Morgan fingerprint density at radius 3 is 2.88 bits per heavy atom. The molecule has 0 aliphatic carbocycles. The molecule has 0 spiro atoms. The van der Waals surface area contributed by atoms with Crippen LogP contribution in [0.3, 0.4) is 0 Å². The van der Waals surface area contributed by atoms with Crippen LogP contribution in [0, 0.1) is 5.92 Å². The molecule has 1 atom stereocenters. The SMILES string of the molecule is CC(CCNCc1nnn(C)n1)CCC(=O)O. The average Bonchev–Trinajstić information content (AvgIpc) is 2.68. The van der Waals surface area contributed by atoms with Gasteiger partial charge in [-0.3, -0.25) is 4.79 Å². The fourth-order valence-corrected chi connectivity index (χ4v) is 1.46. The van der Waals surface area contributed by atoms with Crippen molar-refractivity contribution >= 4 is 5.97 Å². The van der Waals surface area contributed by atoms with Crippen LogP contribution in [-0.4, -0.2) is 37.8 Å². The van der Waals surface area contributed by atoms with Gasteiger partial charge < -0.3 is 10.4 Å². The molecule has 96 valence electrons. The first-order valence-electron chi connectivity index (χ1n) is 5.73. The molecule has 17 heavy (non-hydrogen) atoms. The first-order chi connectivity index (χ1) is 8.08. The highest BCUT2D eigenvalue weighted by molar-refractivity contribution is 5.66. The largest absolute Gasteiger partial charge is 0.481 e. The number of aryl methyl sites for hydroxylation is 1. The van der Waals surface area contributed by atoms with Crippen molar-refractivity contribution in [3.63, 3.8) is 0 Å². The smallest absolute Gasteiger partial charge is 0.303 e. The molecule has 1 aromatic rings. The van der Waals surface area contributed by atoms with Crippen LogP contribution in [0.4, 0.5) is 0 Å². The number of aliphatic carboxylic acids is 1. The highest BCUT2D eigenvalue weighted by Gasteiger charge is 2.05. The van der Waals surface area contributed by atoms with E-state index in [0.29, 0.717) is 18.3 Å². The van der Waals surface area contributed by atoms with Gasteiger partial charge in [0.05, 0.1) is 13.6 Å². The Bertz CT molecular complexity index is 352.